The first-order valence-corrected chi connectivity index (χ1v) is 17.2. The van der Waals surface area contributed by atoms with Crippen LogP contribution in [0.4, 0.5) is 4.79 Å². The molecule has 11 heteroatoms. The highest BCUT2D eigenvalue weighted by Gasteiger charge is 2.70. The van der Waals surface area contributed by atoms with Crippen LogP contribution in [0.15, 0.2) is 30.3 Å². The fourth-order valence-electron chi connectivity index (χ4n) is 7.94. The molecule has 0 radical (unpaired) electrons. The van der Waals surface area contributed by atoms with E-state index in [1.165, 1.54) is 4.90 Å². The average Bonchev–Trinajstić information content (AvgIpc) is 3.86. The van der Waals surface area contributed by atoms with E-state index >= 15 is 0 Å². The van der Waals surface area contributed by atoms with Gasteiger partial charge in [-0.2, -0.15) is 0 Å². The zero-order chi connectivity index (χ0) is 34.3. The molecule has 5 rings (SSSR count). The minimum absolute atomic E-state index is 0.0537. The molecule has 3 saturated carbocycles. The SMILES string of the molecule is CC(C)(C)[C@H](NC(=O)NC1(C(=O)Cc2ccccc2)CCCCC1)C(=O)N1C[C@H]2[C@@H]([C@H]1C(=O)NC(CC1CC1)C(=O)C(N)=O)C2(C)C. The lowest BCUT2D eigenvalue weighted by molar-refractivity contribution is -0.145. The maximum Gasteiger partial charge on any atom is 0.316 e. The van der Waals surface area contributed by atoms with E-state index in [9.17, 15) is 28.8 Å². The number of urea groups is 1. The molecule has 0 spiro atoms. The van der Waals surface area contributed by atoms with Crippen LogP contribution in [-0.2, 0) is 30.4 Å². The standard InChI is InChI=1S/C36H51N5O6/c1-34(2,3)29(39-33(47)40-36(16-10-7-11-17-36)25(42)19-21-12-8-6-9-13-21)32(46)41-20-23-26(35(23,4)5)27(41)31(45)38-24(18-22-14-15-22)28(43)30(37)44/h6,8-9,12-13,22-24,26-27,29H,7,10-11,14-20H2,1-5H3,(H2,37,44)(H,38,45)(H2,39,40,47)/t23-,24?,26-,27-,29+/m0/s1. The number of ketones is 2. The summed E-state index contributed by atoms with van der Waals surface area (Å²) in [5.74, 6) is -2.68. The van der Waals surface area contributed by atoms with Crippen LogP contribution < -0.4 is 21.7 Å². The van der Waals surface area contributed by atoms with Gasteiger partial charge in [-0.05, 0) is 53.4 Å². The van der Waals surface area contributed by atoms with Crippen LogP contribution in [0, 0.1) is 28.6 Å². The number of hydrogen-bond acceptors (Lipinski definition) is 6. The zero-order valence-corrected chi connectivity index (χ0v) is 28.4. The van der Waals surface area contributed by atoms with Crippen molar-refractivity contribution >= 4 is 35.3 Å². The third kappa shape index (κ3) is 7.38. The van der Waals surface area contributed by atoms with Gasteiger partial charge in [-0.1, -0.05) is 97.1 Å². The molecule has 256 valence electrons. The molecule has 4 fully saturated rings. The number of carbonyl (C=O) groups excluding carboxylic acids is 6. The Hall–Kier alpha value is -3.76. The molecule has 1 unspecified atom stereocenters. The summed E-state index contributed by atoms with van der Waals surface area (Å²) in [4.78, 5) is 81.7. The number of amides is 5. The number of primary amides is 1. The highest BCUT2D eigenvalue weighted by Crippen LogP contribution is 2.65. The van der Waals surface area contributed by atoms with Crippen molar-refractivity contribution in [1.82, 2.24) is 20.9 Å². The van der Waals surface area contributed by atoms with Gasteiger partial charge in [-0.3, -0.25) is 24.0 Å². The maximum atomic E-state index is 14.4. The third-order valence-corrected chi connectivity index (χ3v) is 11.1. The number of benzene rings is 1. The number of Topliss-reactive ketones (excluding diaryl/α,β-unsaturated/α-hetero) is 2. The fourth-order valence-corrected chi connectivity index (χ4v) is 7.94. The minimum atomic E-state index is -1.10. The van der Waals surface area contributed by atoms with Gasteiger partial charge < -0.3 is 26.6 Å². The van der Waals surface area contributed by atoms with Crippen LogP contribution in [0.1, 0.15) is 91.5 Å². The number of piperidine rings is 1. The van der Waals surface area contributed by atoms with Crippen LogP contribution in [0.3, 0.4) is 0 Å². The molecule has 1 heterocycles. The molecule has 0 bridgehead atoms. The molecular weight excluding hydrogens is 598 g/mol. The molecule has 1 aromatic rings. The smallest absolute Gasteiger partial charge is 0.316 e. The van der Waals surface area contributed by atoms with Gasteiger partial charge in [0.1, 0.15) is 17.6 Å². The number of nitrogens with one attached hydrogen (secondary N) is 3. The Kier molecular flexibility index (Phi) is 9.59. The quantitative estimate of drug-likeness (QED) is 0.254. The second-order valence-electron chi connectivity index (χ2n) is 16.0. The lowest BCUT2D eigenvalue weighted by atomic mass is 9.77. The molecule has 1 aromatic carbocycles. The topological polar surface area (TPSA) is 168 Å². The van der Waals surface area contributed by atoms with E-state index in [1.807, 2.05) is 51.1 Å². The van der Waals surface area contributed by atoms with Crippen molar-refractivity contribution in [3.63, 3.8) is 0 Å². The van der Waals surface area contributed by atoms with Crippen molar-refractivity contribution in [2.45, 2.75) is 116 Å². The molecule has 11 nitrogen and oxygen atoms in total. The predicted octanol–water partition coefficient (Wildman–Crippen LogP) is 3.04. The molecule has 47 heavy (non-hydrogen) atoms. The number of nitrogens with zero attached hydrogens (tertiary/aromatic N) is 1. The van der Waals surface area contributed by atoms with Crippen LogP contribution in [0.5, 0.6) is 0 Å². The molecule has 5 amide bonds. The summed E-state index contributed by atoms with van der Waals surface area (Å²) in [5.41, 5.74) is 4.24. The van der Waals surface area contributed by atoms with Crippen LogP contribution in [0.2, 0.25) is 0 Å². The Morgan fingerprint density at radius 1 is 0.957 bits per heavy atom. The number of carbonyl (C=O) groups is 6. The molecule has 1 saturated heterocycles. The molecule has 1 aliphatic heterocycles. The molecular formula is C36H51N5O6. The lowest BCUT2D eigenvalue weighted by Crippen LogP contribution is -2.64. The summed E-state index contributed by atoms with van der Waals surface area (Å²) in [6.45, 7) is 9.99. The Morgan fingerprint density at radius 2 is 1.60 bits per heavy atom. The Labute approximate surface area is 277 Å². The molecule has 5 atom stereocenters. The first-order valence-electron chi connectivity index (χ1n) is 17.2. The number of likely N-dealkylation sites (tertiary alicyclic amines) is 1. The summed E-state index contributed by atoms with van der Waals surface area (Å²) in [6.07, 6.45) is 6.04. The summed E-state index contributed by atoms with van der Waals surface area (Å²) >= 11 is 0. The highest BCUT2D eigenvalue weighted by atomic mass is 16.2. The first kappa shape index (κ1) is 34.6. The van der Waals surface area contributed by atoms with Crippen molar-refractivity contribution in [3.05, 3.63) is 35.9 Å². The van der Waals surface area contributed by atoms with Gasteiger partial charge in [-0.15, -0.1) is 0 Å². The number of fused-ring (bicyclic) bond motifs is 1. The number of nitrogens with two attached hydrogens (primary N) is 1. The second kappa shape index (κ2) is 13.0. The Bertz CT molecular complexity index is 1410. The van der Waals surface area contributed by atoms with Crippen molar-refractivity contribution in [1.29, 1.82) is 0 Å². The summed E-state index contributed by atoms with van der Waals surface area (Å²) in [5, 5.41) is 8.69. The van der Waals surface area contributed by atoms with Gasteiger partial charge in [0.2, 0.25) is 17.6 Å². The Morgan fingerprint density at radius 3 is 2.17 bits per heavy atom. The predicted molar refractivity (Wildman–Crippen MR) is 176 cm³/mol. The largest absolute Gasteiger partial charge is 0.363 e. The molecule has 0 aromatic heterocycles. The van der Waals surface area contributed by atoms with Crippen LogP contribution in [-0.4, -0.2) is 70.4 Å². The van der Waals surface area contributed by atoms with Crippen LogP contribution in [0.25, 0.3) is 0 Å². The van der Waals surface area contributed by atoms with E-state index < -0.39 is 58.6 Å². The van der Waals surface area contributed by atoms with Crippen molar-refractivity contribution in [2.75, 3.05) is 6.54 Å². The number of rotatable bonds is 12. The third-order valence-electron chi connectivity index (χ3n) is 11.1. The van der Waals surface area contributed by atoms with Crippen molar-refractivity contribution < 1.29 is 28.8 Å². The monoisotopic (exact) mass is 649 g/mol. The van der Waals surface area contributed by atoms with E-state index in [0.29, 0.717) is 25.8 Å². The van der Waals surface area contributed by atoms with Gasteiger partial charge in [0.15, 0.2) is 5.78 Å². The van der Waals surface area contributed by atoms with Crippen molar-refractivity contribution in [2.24, 2.45) is 34.3 Å². The Balaban J connectivity index is 1.33. The molecule has 3 aliphatic carbocycles. The van der Waals surface area contributed by atoms with Crippen molar-refractivity contribution in [3.8, 4) is 0 Å². The van der Waals surface area contributed by atoms with Gasteiger partial charge in [0.25, 0.3) is 5.91 Å². The van der Waals surface area contributed by atoms with Crippen LogP contribution >= 0.6 is 0 Å². The van der Waals surface area contributed by atoms with E-state index in [4.69, 9.17) is 5.73 Å². The minimum Gasteiger partial charge on any atom is -0.363 e. The maximum absolute atomic E-state index is 14.4. The van der Waals surface area contributed by atoms with Gasteiger partial charge in [-0.25, -0.2) is 4.79 Å². The van der Waals surface area contributed by atoms with E-state index in [1.54, 1.807) is 0 Å². The summed E-state index contributed by atoms with van der Waals surface area (Å²) in [6, 6.07) is 5.97. The van der Waals surface area contributed by atoms with E-state index in [2.05, 4.69) is 29.8 Å². The highest BCUT2D eigenvalue weighted by molar-refractivity contribution is 6.37. The molecule has 5 N–H and O–H groups in total. The van der Waals surface area contributed by atoms with E-state index in [-0.39, 0.29) is 35.4 Å². The zero-order valence-electron chi connectivity index (χ0n) is 28.4. The summed E-state index contributed by atoms with van der Waals surface area (Å²) in [7, 11) is 0. The summed E-state index contributed by atoms with van der Waals surface area (Å²) < 4.78 is 0. The van der Waals surface area contributed by atoms with Gasteiger partial charge in [0, 0.05) is 13.0 Å². The second-order valence-corrected chi connectivity index (χ2v) is 16.0. The van der Waals surface area contributed by atoms with E-state index in [0.717, 1.165) is 37.7 Å². The average molecular weight is 650 g/mol. The van der Waals surface area contributed by atoms with Gasteiger partial charge in [0.05, 0.1) is 6.04 Å². The lowest BCUT2D eigenvalue weighted by Gasteiger charge is -2.40. The normalized spacial score (nSPS) is 25.5. The fraction of sp³-hybridized carbons (Fsp3) is 0.667. The molecule has 4 aliphatic rings. The first-order chi connectivity index (χ1) is 22.0. The number of hydrogen-bond donors (Lipinski definition) is 4. The van der Waals surface area contributed by atoms with Gasteiger partial charge >= 0.3 is 6.03 Å².